The number of anilines is 2. The number of pyridine rings is 1. The lowest BCUT2D eigenvalue weighted by atomic mass is 10.3. The molecule has 1 unspecified atom stereocenters. The van der Waals surface area contributed by atoms with Gasteiger partial charge in [-0.2, -0.15) is 0 Å². The molecule has 1 heterocycles. The fourth-order valence-corrected chi connectivity index (χ4v) is 0.997. The number of nitro groups is 1. The van der Waals surface area contributed by atoms with Gasteiger partial charge in [0.2, 0.25) is 11.7 Å². The highest BCUT2D eigenvalue weighted by Gasteiger charge is 2.19. The molecule has 0 spiro atoms. The topological polar surface area (TPSA) is 137 Å². The van der Waals surface area contributed by atoms with Gasteiger partial charge in [0.15, 0.2) is 0 Å². The van der Waals surface area contributed by atoms with Crippen LogP contribution in [0.4, 0.5) is 17.3 Å². The molecule has 0 saturated heterocycles. The van der Waals surface area contributed by atoms with Gasteiger partial charge in [-0.1, -0.05) is 0 Å². The van der Waals surface area contributed by atoms with E-state index in [2.05, 4.69) is 10.3 Å². The third-order valence-corrected chi connectivity index (χ3v) is 1.87. The molecule has 1 rings (SSSR count). The molecule has 1 amide bonds. The average molecular weight is 225 g/mol. The maximum Gasteiger partial charge on any atom is 0.311 e. The Morgan fingerprint density at radius 1 is 1.62 bits per heavy atom. The second-order valence-electron chi connectivity index (χ2n) is 3.13. The zero-order chi connectivity index (χ0) is 12.3. The summed E-state index contributed by atoms with van der Waals surface area (Å²) in [7, 11) is 0. The number of aromatic nitrogens is 1. The minimum absolute atomic E-state index is 0.0729. The minimum atomic E-state index is -0.770. The first-order valence-electron chi connectivity index (χ1n) is 4.38. The van der Waals surface area contributed by atoms with E-state index in [1.54, 1.807) is 0 Å². The second-order valence-corrected chi connectivity index (χ2v) is 3.13. The minimum Gasteiger partial charge on any atom is -0.384 e. The molecule has 0 fully saturated rings. The summed E-state index contributed by atoms with van der Waals surface area (Å²) in [6.07, 6.45) is 0. The Bertz CT molecular complexity index is 434. The van der Waals surface area contributed by atoms with Crippen molar-refractivity contribution in [3.05, 3.63) is 22.2 Å². The van der Waals surface area contributed by atoms with Crippen LogP contribution in [0.2, 0.25) is 0 Å². The zero-order valence-corrected chi connectivity index (χ0v) is 8.51. The van der Waals surface area contributed by atoms with Crippen LogP contribution in [0.5, 0.6) is 0 Å². The van der Waals surface area contributed by atoms with Gasteiger partial charge in [0, 0.05) is 6.07 Å². The monoisotopic (exact) mass is 225 g/mol. The fourth-order valence-electron chi connectivity index (χ4n) is 0.997. The molecular formula is C8H11N5O3. The van der Waals surface area contributed by atoms with E-state index in [0.29, 0.717) is 0 Å². The number of carbonyl (C=O) groups excluding carboxylic acids is 1. The van der Waals surface area contributed by atoms with Crippen molar-refractivity contribution >= 4 is 23.2 Å². The van der Waals surface area contributed by atoms with E-state index in [-0.39, 0.29) is 17.3 Å². The van der Waals surface area contributed by atoms with Crippen molar-refractivity contribution in [1.29, 1.82) is 0 Å². The van der Waals surface area contributed by atoms with Crippen LogP contribution in [0.15, 0.2) is 12.1 Å². The normalized spacial score (nSPS) is 11.8. The van der Waals surface area contributed by atoms with Crippen molar-refractivity contribution in [3.63, 3.8) is 0 Å². The van der Waals surface area contributed by atoms with Crippen LogP contribution >= 0.6 is 0 Å². The Morgan fingerprint density at radius 2 is 2.25 bits per heavy atom. The lowest BCUT2D eigenvalue weighted by Crippen LogP contribution is -2.33. The van der Waals surface area contributed by atoms with Crippen molar-refractivity contribution < 1.29 is 9.72 Å². The lowest BCUT2D eigenvalue weighted by molar-refractivity contribution is -0.384. The number of nitrogens with one attached hydrogen (secondary N) is 1. The first-order valence-corrected chi connectivity index (χ1v) is 4.38. The van der Waals surface area contributed by atoms with Crippen LogP contribution in [-0.4, -0.2) is 21.9 Å². The number of nitrogen functional groups attached to an aromatic ring is 1. The predicted octanol–water partition coefficient (Wildman–Crippen LogP) is -0.142. The quantitative estimate of drug-likeness (QED) is 0.481. The number of nitrogens with two attached hydrogens (primary N) is 2. The highest BCUT2D eigenvalue weighted by atomic mass is 16.6. The number of carbonyl (C=O) groups is 1. The van der Waals surface area contributed by atoms with Gasteiger partial charge in [-0.15, -0.1) is 0 Å². The van der Waals surface area contributed by atoms with Gasteiger partial charge < -0.3 is 16.8 Å². The highest BCUT2D eigenvalue weighted by molar-refractivity contribution is 5.83. The molecule has 0 aromatic carbocycles. The molecule has 5 N–H and O–H groups in total. The molecule has 8 heteroatoms. The number of hydrogen-bond acceptors (Lipinski definition) is 6. The Balaban J connectivity index is 3.05. The standard InChI is InChI=1S/C8H11N5O3/c1-4(7(10)14)11-8-5(13(15)16)2-3-6(9)12-8/h2-4H,1H3,(H2,10,14)(H3,9,11,12). The largest absolute Gasteiger partial charge is 0.384 e. The SMILES string of the molecule is CC(Nc1nc(N)ccc1[N+](=O)[O-])C(N)=O. The van der Waals surface area contributed by atoms with Gasteiger partial charge in [0.25, 0.3) is 0 Å². The van der Waals surface area contributed by atoms with E-state index in [4.69, 9.17) is 11.5 Å². The van der Waals surface area contributed by atoms with Gasteiger partial charge >= 0.3 is 5.69 Å². The van der Waals surface area contributed by atoms with Gasteiger partial charge in [0.1, 0.15) is 11.9 Å². The van der Waals surface area contributed by atoms with Crippen LogP contribution in [0.25, 0.3) is 0 Å². The third kappa shape index (κ3) is 2.56. The van der Waals surface area contributed by atoms with Crippen LogP contribution in [0.1, 0.15) is 6.92 Å². The van der Waals surface area contributed by atoms with Gasteiger partial charge in [-0.05, 0) is 13.0 Å². The molecule has 0 radical (unpaired) electrons. The summed E-state index contributed by atoms with van der Waals surface area (Å²) in [6.45, 7) is 1.47. The smallest absolute Gasteiger partial charge is 0.311 e. The van der Waals surface area contributed by atoms with E-state index in [1.165, 1.54) is 19.1 Å². The molecule has 0 aliphatic carbocycles. The Labute approximate surface area is 90.8 Å². The number of nitrogens with zero attached hydrogens (tertiary/aromatic N) is 2. The van der Waals surface area contributed by atoms with Crippen molar-refractivity contribution in [2.75, 3.05) is 11.1 Å². The summed E-state index contributed by atoms with van der Waals surface area (Å²) in [6, 6.07) is 1.74. The van der Waals surface area contributed by atoms with Gasteiger partial charge in [-0.25, -0.2) is 4.98 Å². The summed E-state index contributed by atoms with van der Waals surface area (Å²) in [4.78, 5) is 24.6. The number of rotatable bonds is 4. The highest BCUT2D eigenvalue weighted by Crippen LogP contribution is 2.23. The zero-order valence-electron chi connectivity index (χ0n) is 8.51. The first kappa shape index (κ1) is 11.7. The molecule has 8 nitrogen and oxygen atoms in total. The molecule has 0 bridgehead atoms. The second kappa shape index (κ2) is 4.43. The summed E-state index contributed by atoms with van der Waals surface area (Å²) in [5.74, 6) is -0.598. The Kier molecular flexibility index (Phi) is 3.24. The first-order chi connectivity index (χ1) is 7.41. The van der Waals surface area contributed by atoms with Crippen molar-refractivity contribution in [2.24, 2.45) is 5.73 Å². The molecule has 1 aromatic rings. The number of primary amides is 1. The van der Waals surface area contributed by atoms with Gasteiger partial charge in [-0.3, -0.25) is 14.9 Å². The Morgan fingerprint density at radius 3 is 2.75 bits per heavy atom. The summed E-state index contributed by atoms with van der Waals surface area (Å²) in [5, 5.41) is 13.2. The third-order valence-electron chi connectivity index (χ3n) is 1.87. The molecule has 0 aliphatic rings. The average Bonchev–Trinajstić information content (AvgIpc) is 2.16. The molecule has 1 aromatic heterocycles. The van der Waals surface area contributed by atoms with Crippen LogP contribution < -0.4 is 16.8 Å². The molecule has 0 aliphatic heterocycles. The van der Waals surface area contributed by atoms with Gasteiger partial charge in [0.05, 0.1) is 4.92 Å². The molecule has 16 heavy (non-hydrogen) atoms. The molecule has 0 saturated carbocycles. The summed E-state index contributed by atoms with van der Waals surface area (Å²) < 4.78 is 0. The van der Waals surface area contributed by atoms with E-state index >= 15 is 0 Å². The van der Waals surface area contributed by atoms with Crippen LogP contribution in [0, 0.1) is 10.1 Å². The van der Waals surface area contributed by atoms with Crippen molar-refractivity contribution in [3.8, 4) is 0 Å². The van der Waals surface area contributed by atoms with E-state index in [9.17, 15) is 14.9 Å². The number of hydrogen-bond donors (Lipinski definition) is 3. The van der Waals surface area contributed by atoms with Crippen LogP contribution in [0.3, 0.4) is 0 Å². The Hall–Kier alpha value is -2.38. The maximum absolute atomic E-state index is 10.8. The number of amides is 1. The lowest BCUT2D eigenvalue weighted by Gasteiger charge is -2.10. The van der Waals surface area contributed by atoms with E-state index in [1.807, 2.05) is 0 Å². The maximum atomic E-state index is 10.8. The van der Waals surface area contributed by atoms with Crippen molar-refractivity contribution in [1.82, 2.24) is 4.98 Å². The molecule has 1 atom stereocenters. The van der Waals surface area contributed by atoms with E-state index in [0.717, 1.165) is 0 Å². The summed E-state index contributed by atoms with van der Waals surface area (Å²) in [5.41, 5.74) is 10.1. The van der Waals surface area contributed by atoms with Crippen LogP contribution in [-0.2, 0) is 4.79 Å². The van der Waals surface area contributed by atoms with E-state index < -0.39 is 16.9 Å². The molecular weight excluding hydrogens is 214 g/mol. The summed E-state index contributed by atoms with van der Waals surface area (Å²) >= 11 is 0. The van der Waals surface area contributed by atoms with Crippen molar-refractivity contribution in [2.45, 2.75) is 13.0 Å². The fraction of sp³-hybridized carbons (Fsp3) is 0.250. The predicted molar refractivity (Wildman–Crippen MR) is 57.6 cm³/mol. The molecule has 86 valence electrons.